The van der Waals surface area contributed by atoms with Crippen LogP contribution in [0.1, 0.15) is 55.5 Å². The normalized spacial score (nSPS) is 22.0. The molecule has 0 amide bonds. The largest absolute Gasteiger partial charge is 0.337 e. The van der Waals surface area contributed by atoms with Crippen LogP contribution in [0.15, 0.2) is 41.6 Å². The number of benzene rings is 1. The molecule has 1 aliphatic carbocycles. The summed E-state index contributed by atoms with van der Waals surface area (Å²) in [6.07, 6.45) is 9.87. The lowest BCUT2D eigenvalue weighted by Gasteiger charge is -2.34. The summed E-state index contributed by atoms with van der Waals surface area (Å²) in [7, 11) is -1.66. The van der Waals surface area contributed by atoms with E-state index in [-0.39, 0.29) is 18.4 Å². The smallest absolute Gasteiger partial charge is 0.243 e. The predicted octanol–water partition coefficient (Wildman–Crippen LogP) is 3.22. The average molecular weight is 425 g/mol. The molecule has 1 aromatic heterocycles. The summed E-state index contributed by atoms with van der Waals surface area (Å²) in [5.41, 5.74) is 1.27. The van der Waals surface area contributed by atoms with Gasteiger partial charge in [0.25, 0.3) is 0 Å². The summed E-state index contributed by atoms with van der Waals surface area (Å²) in [5, 5.41) is 3.30. The molecule has 1 aliphatic heterocycles. The van der Waals surface area contributed by atoms with Crippen molar-refractivity contribution in [3.05, 3.63) is 48.0 Å². The fourth-order valence-electron chi connectivity index (χ4n) is 4.37. The molecule has 2 fully saturated rings. The summed E-state index contributed by atoms with van der Waals surface area (Å²) in [5.74, 6) is 1.35. The Bertz CT molecular complexity index is 876. The van der Waals surface area contributed by atoms with Crippen LogP contribution in [0.25, 0.3) is 0 Å². The summed E-state index contributed by atoms with van der Waals surface area (Å²) in [6, 6.07) is 7.32. The molecule has 1 atom stereocenters. The van der Waals surface area contributed by atoms with Crippen LogP contribution in [0.2, 0.25) is 0 Å². The van der Waals surface area contributed by atoms with Gasteiger partial charge >= 0.3 is 0 Å². The highest BCUT2D eigenvalue weighted by Crippen LogP contribution is 2.34. The van der Waals surface area contributed by atoms with Crippen LogP contribution in [0.5, 0.6) is 0 Å². The van der Waals surface area contributed by atoms with Crippen molar-refractivity contribution in [2.75, 3.05) is 19.6 Å². The fourth-order valence-corrected chi connectivity index (χ4v) is 5.96. The number of hydrogen-bond acceptors (Lipinski definition) is 4. The number of rotatable bonds is 4. The number of hydrogen-bond donors (Lipinski definition) is 1. The number of nitrogens with zero attached hydrogens (tertiary/aromatic N) is 3. The Kier molecular flexibility index (Phi) is 6.81. The highest BCUT2D eigenvalue weighted by molar-refractivity contribution is 7.89. The van der Waals surface area contributed by atoms with Crippen LogP contribution in [0.4, 0.5) is 0 Å². The third-order valence-electron chi connectivity index (χ3n) is 5.91. The van der Waals surface area contributed by atoms with Gasteiger partial charge in [0, 0.05) is 39.1 Å². The molecule has 6 nitrogen and oxygen atoms in total. The molecule has 2 heterocycles. The lowest BCUT2D eigenvalue weighted by molar-refractivity contribution is 0.258. The van der Waals surface area contributed by atoms with Gasteiger partial charge in [0.2, 0.25) is 10.0 Å². The van der Waals surface area contributed by atoms with Gasteiger partial charge in [-0.15, -0.1) is 12.4 Å². The Morgan fingerprint density at radius 2 is 1.82 bits per heavy atom. The summed E-state index contributed by atoms with van der Waals surface area (Å²) < 4.78 is 30.2. The molecule has 1 aromatic carbocycles. The molecule has 1 N–H and O–H groups in total. The molecule has 0 spiro atoms. The molecule has 2 aliphatic rings. The zero-order chi connectivity index (χ0) is 18.9. The topological polar surface area (TPSA) is 67.2 Å². The van der Waals surface area contributed by atoms with Crippen LogP contribution in [0, 0.1) is 0 Å². The Hall–Kier alpha value is -1.41. The molecule has 154 valence electrons. The van der Waals surface area contributed by atoms with E-state index < -0.39 is 10.0 Å². The number of halogens is 1. The first-order valence-electron chi connectivity index (χ1n) is 9.87. The molecule has 8 heteroatoms. The van der Waals surface area contributed by atoms with E-state index in [0.29, 0.717) is 30.4 Å². The second-order valence-corrected chi connectivity index (χ2v) is 9.53. The maximum Gasteiger partial charge on any atom is 0.243 e. The molecule has 1 saturated heterocycles. The lowest BCUT2D eigenvalue weighted by atomic mass is 9.84. The Labute approximate surface area is 173 Å². The lowest BCUT2D eigenvalue weighted by Crippen LogP contribution is -2.49. The van der Waals surface area contributed by atoms with Crippen molar-refractivity contribution in [1.82, 2.24) is 19.2 Å². The fraction of sp³-hybridized carbons (Fsp3) is 0.550. The first-order valence-corrected chi connectivity index (χ1v) is 11.3. The third kappa shape index (κ3) is 4.13. The second-order valence-electron chi connectivity index (χ2n) is 7.64. The van der Waals surface area contributed by atoms with Gasteiger partial charge in [0.05, 0.1) is 10.9 Å². The average Bonchev–Trinajstić information content (AvgIpc) is 3.14. The highest BCUT2D eigenvalue weighted by atomic mass is 35.5. The maximum atomic E-state index is 13.4. The van der Waals surface area contributed by atoms with Crippen LogP contribution >= 0.6 is 12.4 Å². The van der Waals surface area contributed by atoms with Crippen LogP contribution < -0.4 is 5.32 Å². The van der Waals surface area contributed by atoms with Crippen molar-refractivity contribution in [2.45, 2.75) is 49.0 Å². The van der Waals surface area contributed by atoms with Gasteiger partial charge in [-0.3, -0.25) is 0 Å². The molecule has 1 saturated carbocycles. The van der Waals surface area contributed by atoms with Gasteiger partial charge in [0.15, 0.2) is 0 Å². The quantitative estimate of drug-likeness (QED) is 0.818. The van der Waals surface area contributed by atoms with Crippen LogP contribution in [0.3, 0.4) is 0 Å². The van der Waals surface area contributed by atoms with Crippen molar-refractivity contribution in [3.63, 3.8) is 0 Å². The highest BCUT2D eigenvalue weighted by Gasteiger charge is 2.36. The minimum absolute atomic E-state index is 0. The van der Waals surface area contributed by atoms with E-state index in [2.05, 4.69) is 10.3 Å². The van der Waals surface area contributed by atoms with Crippen LogP contribution in [-0.2, 0) is 17.1 Å². The Morgan fingerprint density at radius 1 is 1.11 bits per heavy atom. The standard InChI is InChI=1S/C20H28N4O2S.ClH/c1-23-13-12-22-20(23)19-15-21-11-14-24(19)27(25,26)18-9-7-17(8-10-18)16-5-3-2-4-6-16;/h7-10,12-13,16,19,21H,2-6,11,14-15H2,1H3;1H. The molecule has 28 heavy (non-hydrogen) atoms. The molecular weight excluding hydrogens is 396 g/mol. The molecular formula is C20H29ClN4O2S. The van der Waals surface area contributed by atoms with Gasteiger partial charge in [0.1, 0.15) is 5.82 Å². The molecule has 0 bridgehead atoms. The third-order valence-corrected chi connectivity index (χ3v) is 7.84. The Balaban J connectivity index is 0.00000225. The van der Waals surface area contributed by atoms with E-state index >= 15 is 0 Å². The van der Waals surface area contributed by atoms with E-state index in [1.807, 2.05) is 29.9 Å². The van der Waals surface area contributed by atoms with Crippen molar-refractivity contribution in [1.29, 1.82) is 0 Å². The molecule has 1 unspecified atom stereocenters. The number of sulfonamides is 1. The molecule has 4 rings (SSSR count). The van der Waals surface area contributed by atoms with Crippen molar-refractivity contribution in [3.8, 4) is 0 Å². The first kappa shape index (κ1) is 21.3. The molecule has 2 aromatic rings. The second kappa shape index (κ2) is 8.95. The minimum atomic E-state index is -3.56. The van der Waals surface area contributed by atoms with E-state index in [1.54, 1.807) is 22.6 Å². The Morgan fingerprint density at radius 3 is 2.46 bits per heavy atom. The maximum absolute atomic E-state index is 13.4. The van der Waals surface area contributed by atoms with Crippen molar-refractivity contribution >= 4 is 22.4 Å². The first-order chi connectivity index (χ1) is 13.1. The number of piperazine rings is 1. The van der Waals surface area contributed by atoms with E-state index in [1.165, 1.54) is 37.7 Å². The molecule has 0 radical (unpaired) electrons. The van der Waals surface area contributed by atoms with E-state index in [9.17, 15) is 8.42 Å². The number of aryl methyl sites for hydroxylation is 1. The van der Waals surface area contributed by atoms with Gasteiger partial charge in [-0.05, 0) is 36.5 Å². The van der Waals surface area contributed by atoms with Gasteiger partial charge < -0.3 is 9.88 Å². The van der Waals surface area contributed by atoms with Gasteiger partial charge in [-0.2, -0.15) is 4.31 Å². The van der Waals surface area contributed by atoms with Crippen LogP contribution in [-0.4, -0.2) is 41.9 Å². The number of imidazole rings is 1. The minimum Gasteiger partial charge on any atom is -0.337 e. The summed E-state index contributed by atoms with van der Waals surface area (Å²) in [6.45, 7) is 1.68. The zero-order valence-corrected chi connectivity index (χ0v) is 17.9. The SMILES string of the molecule is Cl.Cn1ccnc1C1CNCCN1S(=O)(=O)c1ccc(C2CCCCC2)cc1. The number of nitrogens with one attached hydrogen (secondary N) is 1. The number of aromatic nitrogens is 2. The van der Waals surface area contributed by atoms with Gasteiger partial charge in [-0.25, -0.2) is 13.4 Å². The predicted molar refractivity (Wildman–Crippen MR) is 112 cm³/mol. The van der Waals surface area contributed by atoms with Crippen molar-refractivity contribution < 1.29 is 8.42 Å². The van der Waals surface area contributed by atoms with Gasteiger partial charge in [-0.1, -0.05) is 31.4 Å². The van der Waals surface area contributed by atoms with E-state index in [4.69, 9.17) is 0 Å². The summed E-state index contributed by atoms with van der Waals surface area (Å²) >= 11 is 0. The zero-order valence-electron chi connectivity index (χ0n) is 16.3. The van der Waals surface area contributed by atoms with Crippen molar-refractivity contribution in [2.24, 2.45) is 7.05 Å². The van der Waals surface area contributed by atoms with E-state index in [0.717, 1.165) is 5.82 Å². The monoisotopic (exact) mass is 424 g/mol. The summed E-state index contributed by atoms with van der Waals surface area (Å²) in [4.78, 5) is 4.77.